The fourth-order valence-corrected chi connectivity index (χ4v) is 4.13. The van der Waals surface area contributed by atoms with Crippen LogP contribution in [-0.4, -0.2) is 28.2 Å². The Kier molecular flexibility index (Phi) is 2.73. The fraction of sp³-hybridized carbons (Fsp3) is 0.429. The third-order valence-electron chi connectivity index (χ3n) is 4.19. The molecule has 1 aliphatic carbocycles. The van der Waals surface area contributed by atoms with Crippen LogP contribution in [0.15, 0.2) is 35.5 Å². The molecule has 2 atom stereocenters. The van der Waals surface area contributed by atoms with Gasteiger partial charge in [-0.1, -0.05) is 30.3 Å². The van der Waals surface area contributed by atoms with E-state index in [1.807, 2.05) is 30.3 Å². The van der Waals surface area contributed by atoms with E-state index in [-0.39, 0.29) is 25.1 Å². The second-order valence-corrected chi connectivity index (χ2v) is 7.82. The summed E-state index contributed by atoms with van der Waals surface area (Å²) in [7, 11) is -4.25. The first-order valence-electron chi connectivity index (χ1n) is 7.01. The molecule has 1 saturated carbocycles. The molecule has 2 aliphatic rings. The van der Waals surface area contributed by atoms with Gasteiger partial charge in [0.25, 0.3) is 5.16 Å². The van der Waals surface area contributed by atoms with Gasteiger partial charge in [-0.15, -0.1) is 5.10 Å². The van der Waals surface area contributed by atoms with Crippen molar-refractivity contribution in [2.45, 2.75) is 41.6 Å². The number of sulfone groups is 1. The number of fused-ring (bicyclic) bond motifs is 1. The summed E-state index contributed by atoms with van der Waals surface area (Å²) in [5.41, 5.74) is 0.819. The molecule has 2 unspecified atom stereocenters. The number of benzene rings is 1. The van der Waals surface area contributed by atoms with Crippen LogP contribution in [0.5, 0.6) is 0 Å². The molecule has 2 aromatic rings. The number of alkyl halides is 2. The van der Waals surface area contributed by atoms with Crippen LogP contribution in [0.2, 0.25) is 0 Å². The molecule has 8 heteroatoms. The Labute approximate surface area is 125 Å². The van der Waals surface area contributed by atoms with Crippen molar-refractivity contribution in [2.75, 3.05) is 0 Å². The Morgan fingerprint density at radius 3 is 2.55 bits per heavy atom. The first-order chi connectivity index (χ1) is 10.4. The maximum absolute atomic E-state index is 14.2. The lowest BCUT2D eigenvalue weighted by atomic mass is 10.0. The summed E-state index contributed by atoms with van der Waals surface area (Å²) in [4.78, 5) is 3.77. The zero-order chi connectivity index (χ0) is 15.5. The number of aromatic nitrogens is 3. The van der Waals surface area contributed by atoms with E-state index in [1.54, 1.807) is 0 Å². The summed E-state index contributed by atoms with van der Waals surface area (Å²) >= 11 is 0. The van der Waals surface area contributed by atoms with E-state index in [0.29, 0.717) is 0 Å². The first-order valence-corrected chi connectivity index (χ1v) is 8.50. The minimum Gasteiger partial charge on any atom is -0.239 e. The third-order valence-corrected chi connectivity index (χ3v) is 6.22. The molecule has 0 N–H and O–H groups in total. The average molecular weight is 325 g/mol. The summed E-state index contributed by atoms with van der Waals surface area (Å²) in [5, 5.41) is 1.03. The highest BCUT2D eigenvalue weighted by Crippen LogP contribution is 2.48. The molecule has 1 aromatic heterocycles. The largest absolute Gasteiger partial charge is 0.270 e. The Morgan fingerprint density at radius 2 is 1.91 bits per heavy atom. The monoisotopic (exact) mass is 325 g/mol. The topological polar surface area (TPSA) is 64.8 Å². The van der Waals surface area contributed by atoms with Crippen molar-refractivity contribution in [1.82, 2.24) is 14.8 Å². The molecule has 1 fully saturated rings. The minimum atomic E-state index is -4.25. The molecule has 2 heterocycles. The molecular formula is C14H13F2N3O2S. The molecule has 5 nitrogen and oxygen atoms in total. The van der Waals surface area contributed by atoms with Crippen molar-refractivity contribution < 1.29 is 17.2 Å². The van der Waals surface area contributed by atoms with E-state index in [1.165, 1.54) is 4.68 Å². The van der Waals surface area contributed by atoms with Crippen LogP contribution in [0.4, 0.5) is 8.78 Å². The summed E-state index contributed by atoms with van der Waals surface area (Å²) in [6.45, 7) is 0. The lowest BCUT2D eigenvalue weighted by Gasteiger charge is -2.11. The summed E-state index contributed by atoms with van der Waals surface area (Å²) in [6.07, 6.45) is -1.36. The zero-order valence-corrected chi connectivity index (χ0v) is 12.3. The SMILES string of the molecule is O=S(=O)(c1nc2n(n1)C(c1ccccc1)CC2F)C1(F)CC1. The van der Waals surface area contributed by atoms with Crippen molar-refractivity contribution in [3.05, 3.63) is 41.7 Å². The number of rotatable bonds is 3. The lowest BCUT2D eigenvalue weighted by Crippen LogP contribution is -2.20. The highest BCUT2D eigenvalue weighted by molar-refractivity contribution is 7.92. The van der Waals surface area contributed by atoms with Gasteiger partial charge in [-0.05, 0) is 5.56 Å². The number of nitrogens with zero attached hydrogens (tertiary/aromatic N) is 3. The second-order valence-electron chi connectivity index (χ2n) is 5.71. The smallest absolute Gasteiger partial charge is 0.239 e. The molecule has 0 radical (unpaired) electrons. The minimum absolute atomic E-state index is 0.0447. The van der Waals surface area contributed by atoms with Crippen molar-refractivity contribution in [3.8, 4) is 0 Å². The van der Waals surface area contributed by atoms with E-state index in [9.17, 15) is 17.2 Å². The molecule has 4 rings (SSSR count). The lowest BCUT2D eigenvalue weighted by molar-refractivity contribution is 0.326. The molecular weight excluding hydrogens is 312 g/mol. The van der Waals surface area contributed by atoms with Crippen molar-refractivity contribution in [3.63, 3.8) is 0 Å². The summed E-state index contributed by atoms with van der Waals surface area (Å²) in [6, 6.07) is 8.69. The normalized spacial score (nSPS) is 25.9. The van der Waals surface area contributed by atoms with E-state index in [2.05, 4.69) is 10.1 Å². The quantitative estimate of drug-likeness (QED) is 0.870. The van der Waals surface area contributed by atoms with Gasteiger partial charge in [-0.2, -0.15) is 4.98 Å². The van der Waals surface area contributed by atoms with Crippen molar-refractivity contribution >= 4 is 9.84 Å². The van der Waals surface area contributed by atoms with E-state index < -0.39 is 32.2 Å². The highest BCUT2D eigenvalue weighted by atomic mass is 32.2. The summed E-state index contributed by atoms with van der Waals surface area (Å²) in [5.74, 6) is -0.0447. The second kappa shape index (κ2) is 4.34. The van der Waals surface area contributed by atoms with Crippen molar-refractivity contribution in [1.29, 1.82) is 0 Å². The summed E-state index contributed by atoms with van der Waals surface area (Å²) < 4.78 is 53.7. The number of halogens is 2. The van der Waals surface area contributed by atoms with Gasteiger partial charge in [0.2, 0.25) is 14.8 Å². The van der Waals surface area contributed by atoms with Gasteiger partial charge < -0.3 is 0 Å². The van der Waals surface area contributed by atoms with Gasteiger partial charge in [0, 0.05) is 19.3 Å². The van der Waals surface area contributed by atoms with Crippen LogP contribution >= 0.6 is 0 Å². The third kappa shape index (κ3) is 1.83. The Balaban J connectivity index is 1.79. The molecule has 0 saturated heterocycles. The Morgan fingerprint density at radius 1 is 1.23 bits per heavy atom. The molecule has 22 heavy (non-hydrogen) atoms. The molecule has 0 spiro atoms. The Bertz CT molecular complexity index is 831. The predicted octanol–water partition coefficient (Wildman–Crippen LogP) is 2.52. The molecule has 116 valence electrons. The van der Waals surface area contributed by atoms with Crippen LogP contribution in [0.1, 0.15) is 42.9 Å². The standard InChI is InChI=1S/C14H13F2N3O2S/c15-10-8-11(9-4-2-1-3-5-9)19-12(10)17-13(18-19)22(20,21)14(16)6-7-14/h1-5,10-11H,6-8H2. The maximum atomic E-state index is 14.2. The Hall–Kier alpha value is -1.83. The van der Waals surface area contributed by atoms with Gasteiger partial charge in [0.1, 0.15) is 0 Å². The van der Waals surface area contributed by atoms with Crippen LogP contribution in [0, 0.1) is 0 Å². The molecule has 0 bridgehead atoms. The van der Waals surface area contributed by atoms with Crippen LogP contribution in [0.3, 0.4) is 0 Å². The number of hydrogen-bond donors (Lipinski definition) is 0. The van der Waals surface area contributed by atoms with Gasteiger partial charge in [-0.3, -0.25) is 0 Å². The average Bonchev–Trinajstić information content (AvgIpc) is 2.99. The van der Waals surface area contributed by atoms with Gasteiger partial charge >= 0.3 is 0 Å². The molecule has 1 aromatic carbocycles. The van der Waals surface area contributed by atoms with E-state index >= 15 is 0 Å². The molecule has 1 aliphatic heterocycles. The van der Waals surface area contributed by atoms with Gasteiger partial charge in [0.15, 0.2) is 12.0 Å². The van der Waals surface area contributed by atoms with E-state index in [4.69, 9.17) is 0 Å². The fourth-order valence-electron chi connectivity index (χ4n) is 2.76. The predicted molar refractivity (Wildman–Crippen MR) is 73.3 cm³/mol. The zero-order valence-electron chi connectivity index (χ0n) is 11.5. The number of hydrogen-bond acceptors (Lipinski definition) is 4. The van der Waals surface area contributed by atoms with Crippen LogP contribution < -0.4 is 0 Å². The van der Waals surface area contributed by atoms with Crippen LogP contribution in [-0.2, 0) is 9.84 Å². The highest BCUT2D eigenvalue weighted by Gasteiger charge is 2.58. The van der Waals surface area contributed by atoms with Crippen molar-refractivity contribution in [2.24, 2.45) is 0 Å². The van der Waals surface area contributed by atoms with Crippen LogP contribution in [0.25, 0.3) is 0 Å². The first kappa shape index (κ1) is 13.8. The molecule has 0 amide bonds. The van der Waals surface area contributed by atoms with Gasteiger partial charge in [0.05, 0.1) is 6.04 Å². The van der Waals surface area contributed by atoms with E-state index in [0.717, 1.165) is 5.56 Å². The maximum Gasteiger partial charge on any atom is 0.270 e. The van der Waals surface area contributed by atoms with Gasteiger partial charge in [-0.25, -0.2) is 21.9 Å².